The third kappa shape index (κ3) is 9.36. The van der Waals surface area contributed by atoms with Gasteiger partial charge >= 0.3 is 0 Å². The minimum Gasteiger partial charge on any atom is -0.311 e. The van der Waals surface area contributed by atoms with Gasteiger partial charge in [0.25, 0.3) is 6.71 Å². The van der Waals surface area contributed by atoms with Crippen molar-refractivity contribution in [2.75, 3.05) is 9.80 Å². The second-order valence-corrected chi connectivity index (χ2v) is 28.1. The number of fused-ring (bicyclic) bond motifs is 10. The zero-order valence-corrected chi connectivity index (χ0v) is 53.4. The summed E-state index contributed by atoms with van der Waals surface area (Å²) in [4.78, 5) is 5.33. The van der Waals surface area contributed by atoms with Crippen LogP contribution in [0.15, 0.2) is 315 Å². The first kappa shape index (κ1) is 55.1. The van der Waals surface area contributed by atoms with Crippen molar-refractivity contribution in [1.29, 1.82) is 0 Å². The standard InChI is InChI=1S/C88H61BN2S2/c1-88(2,3)68-42-40-60(41-43-68)65-50-81-87-82(51-65)91(78-37-21-17-33-70(78)67-48-63(58-28-12-6-13-29-58)45-64(49-67)59-30-14-7-15-31-59)80-53-74-72-35-19-23-39-84(72)93-86(74)55-76(80)89(87)75-54-85-73(71-34-18-22-38-83(71)92-85)52-79(75)90(81)77-36-20-16-32-69(77)66-46-61(56-24-8-4-9-25-56)44-62(47-66)57-26-10-5-11-27-57/h4-55H,1-3H3. The summed E-state index contributed by atoms with van der Waals surface area (Å²) in [7, 11) is 0. The van der Waals surface area contributed by atoms with E-state index in [2.05, 4.69) is 346 Å². The minimum atomic E-state index is -0.148. The van der Waals surface area contributed by atoms with Crippen molar-refractivity contribution in [3.8, 4) is 77.9 Å². The van der Waals surface area contributed by atoms with Crippen molar-refractivity contribution in [1.82, 2.24) is 0 Å². The number of anilines is 6. The van der Waals surface area contributed by atoms with Crippen LogP contribution in [0.3, 0.4) is 0 Å². The molecule has 0 unspecified atom stereocenters. The molecule has 0 atom stereocenters. The van der Waals surface area contributed by atoms with Gasteiger partial charge in [0.15, 0.2) is 0 Å². The molecule has 0 radical (unpaired) electrons. The van der Waals surface area contributed by atoms with Crippen molar-refractivity contribution >= 4 is 120 Å². The van der Waals surface area contributed by atoms with E-state index < -0.39 is 0 Å². The summed E-state index contributed by atoms with van der Waals surface area (Å²) in [5.74, 6) is 0. The third-order valence-electron chi connectivity index (χ3n) is 19.4. The van der Waals surface area contributed by atoms with Crippen LogP contribution < -0.4 is 26.2 Å². The van der Waals surface area contributed by atoms with Gasteiger partial charge in [-0.2, -0.15) is 0 Å². The molecule has 0 bridgehead atoms. The Balaban J connectivity index is 0.967. The SMILES string of the molecule is CC(C)(C)c1ccc(-c2cc3c4c(c2)N(c2ccccc2-c2cc(-c5ccccc5)cc(-c5ccccc5)c2)c2cc5c(cc2B4c2cc4sc6ccccc6c4cc2N3c2ccccc2-c2cc(-c3ccccc3)cc(-c3ccccc3)c2)sc2ccccc25)cc1. The van der Waals surface area contributed by atoms with Crippen LogP contribution in [-0.2, 0) is 5.41 Å². The number of benzene rings is 14. The fourth-order valence-electron chi connectivity index (χ4n) is 14.9. The lowest BCUT2D eigenvalue weighted by atomic mass is 9.33. The van der Waals surface area contributed by atoms with E-state index in [1.165, 1.54) is 124 Å². The first-order valence-corrected chi connectivity index (χ1v) is 33.9. The molecule has 2 aliphatic rings. The van der Waals surface area contributed by atoms with Crippen molar-refractivity contribution < 1.29 is 0 Å². The minimum absolute atomic E-state index is 0.0211. The lowest BCUT2D eigenvalue weighted by molar-refractivity contribution is 0.590. The van der Waals surface area contributed by atoms with Crippen LogP contribution in [0, 0.1) is 0 Å². The average molecular weight is 1220 g/mol. The maximum Gasteiger partial charge on any atom is 0.252 e. The fraction of sp³-hybridized carbons (Fsp3) is 0.0455. The highest BCUT2D eigenvalue weighted by atomic mass is 32.1. The molecule has 16 aromatic rings. The summed E-state index contributed by atoms with van der Waals surface area (Å²) in [6.07, 6.45) is 0. The number of thiophene rings is 2. The number of para-hydroxylation sites is 2. The predicted octanol–water partition coefficient (Wildman–Crippen LogP) is 23.5. The molecule has 2 aliphatic heterocycles. The molecule has 4 heterocycles. The maximum absolute atomic E-state index is 2.67. The van der Waals surface area contributed by atoms with E-state index in [1.54, 1.807) is 0 Å². The molecule has 0 saturated heterocycles. The highest BCUT2D eigenvalue weighted by Crippen LogP contribution is 2.53. The molecule has 0 amide bonds. The van der Waals surface area contributed by atoms with Gasteiger partial charge in [0.2, 0.25) is 0 Å². The Bertz CT molecular complexity index is 5180. The van der Waals surface area contributed by atoms with Crippen LogP contribution in [0.4, 0.5) is 34.1 Å². The van der Waals surface area contributed by atoms with Gasteiger partial charge in [-0.1, -0.05) is 239 Å². The van der Waals surface area contributed by atoms with E-state index >= 15 is 0 Å². The van der Waals surface area contributed by atoms with E-state index in [-0.39, 0.29) is 12.1 Å². The average Bonchev–Trinajstić information content (AvgIpc) is 1.45. The second-order valence-electron chi connectivity index (χ2n) is 26.0. The molecule has 0 N–H and O–H groups in total. The topological polar surface area (TPSA) is 6.48 Å². The zero-order valence-electron chi connectivity index (χ0n) is 51.8. The molecule has 438 valence electrons. The molecule has 0 spiro atoms. The van der Waals surface area contributed by atoms with E-state index in [0.29, 0.717) is 0 Å². The van der Waals surface area contributed by atoms with Gasteiger partial charge in [-0.3, -0.25) is 0 Å². The molecule has 93 heavy (non-hydrogen) atoms. The molecule has 5 heteroatoms. The Hall–Kier alpha value is -10.8. The Morgan fingerprint density at radius 1 is 0.247 bits per heavy atom. The van der Waals surface area contributed by atoms with Gasteiger partial charge in [-0.15, -0.1) is 22.7 Å². The highest BCUT2D eigenvalue weighted by molar-refractivity contribution is 7.26. The summed E-state index contributed by atoms with van der Waals surface area (Å²) < 4.78 is 5.16. The molecule has 0 aliphatic carbocycles. The predicted molar refractivity (Wildman–Crippen MR) is 403 cm³/mol. The van der Waals surface area contributed by atoms with Crippen molar-refractivity contribution in [2.45, 2.75) is 26.2 Å². The van der Waals surface area contributed by atoms with Gasteiger partial charge in [-0.05, 0) is 191 Å². The Morgan fingerprint density at radius 2 is 0.581 bits per heavy atom. The summed E-state index contributed by atoms with van der Waals surface area (Å²) in [5, 5.41) is 5.10. The van der Waals surface area contributed by atoms with Crippen molar-refractivity contribution in [2.24, 2.45) is 0 Å². The van der Waals surface area contributed by atoms with E-state index in [0.717, 1.165) is 50.6 Å². The van der Waals surface area contributed by atoms with Gasteiger partial charge < -0.3 is 9.80 Å². The molecule has 18 rings (SSSR count). The van der Waals surface area contributed by atoms with Gasteiger partial charge in [0, 0.05) is 74.2 Å². The molecule has 0 saturated carbocycles. The Labute approximate surface area is 551 Å². The number of nitrogens with zero attached hydrogens (tertiary/aromatic N) is 2. The van der Waals surface area contributed by atoms with Gasteiger partial charge in [0.1, 0.15) is 0 Å². The fourth-order valence-corrected chi connectivity index (χ4v) is 17.1. The number of hydrogen-bond donors (Lipinski definition) is 0. The number of hydrogen-bond acceptors (Lipinski definition) is 4. The van der Waals surface area contributed by atoms with Crippen LogP contribution in [0.1, 0.15) is 26.3 Å². The summed E-state index contributed by atoms with van der Waals surface area (Å²) in [6, 6.07) is 119. The first-order chi connectivity index (χ1) is 45.7. The molecule has 14 aromatic carbocycles. The smallest absolute Gasteiger partial charge is 0.252 e. The van der Waals surface area contributed by atoms with Crippen LogP contribution >= 0.6 is 22.7 Å². The molecular formula is C88H61BN2S2. The first-order valence-electron chi connectivity index (χ1n) is 32.2. The quantitative estimate of drug-likeness (QED) is 0.133. The molecule has 2 nitrogen and oxygen atoms in total. The normalized spacial score (nSPS) is 12.6. The second kappa shape index (κ2) is 22.0. The van der Waals surface area contributed by atoms with Crippen LogP contribution in [0.5, 0.6) is 0 Å². The molecular weight excluding hydrogens is 1160 g/mol. The van der Waals surface area contributed by atoms with Crippen LogP contribution in [0.25, 0.3) is 118 Å². The lowest BCUT2D eigenvalue weighted by Gasteiger charge is -2.45. The number of rotatable bonds is 9. The largest absolute Gasteiger partial charge is 0.311 e. The summed E-state index contributed by atoms with van der Waals surface area (Å²) in [6.45, 7) is 6.78. The zero-order chi connectivity index (χ0) is 61.9. The third-order valence-corrected chi connectivity index (χ3v) is 21.6. The van der Waals surface area contributed by atoms with Crippen LogP contribution in [-0.4, -0.2) is 6.71 Å². The highest BCUT2D eigenvalue weighted by Gasteiger charge is 2.45. The van der Waals surface area contributed by atoms with Crippen LogP contribution in [0.2, 0.25) is 0 Å². The Morgan fingerprint density at radius 3 is 0.978 bits per heavy atom. The van der Waals surface area contributed by atoms with Gasteiger partial charge in [-0.25, -0.2) is 0 Å². The van der Waals surface area contributed by atoms with E-state index in [4.69, 9.17) is 0 Å². The van der Waals surface area contributed by atoms with E-state index in [1.807, 2.05) is 22.7 Å². The summed E-state index contributed by atoms with van der Waals surface area (Å²) in [5.41, 5.74) is 28.4. The monoisotopic (exact) mass is 1220 g/mol. The van der Waals surface area contributed by atoms with Gasteiger partial charge in [0.05, 0.1) is 11.4 Å². The molecule has 0 fully saturated rings. The summed E-state index contributed by atoms with van der Waals surface area (Å²) >= 11 is 3.81. The Kier molecular flexibility index (Phi) is 13.0. The van der Waals surface area contributed by atoms with Crippen molar-refractivity contribution in [3.63, 3.8) is 0 Å². The molecule has 2 aromatic heterocycles. The lowest BCUT2D eigenvalue weighted by Crippen LogP contribution is -2.61. The maximum atomic E-state index is 2.67. The van der Waals surface area contributed by atoms with E-state index in [9.17, 15) is 0 Å². The van der Waals surface area contributed by atoms with Crippen molar-refractivity contribution in [3.05, 3.63) is 321 Å².